The fraction of sp³-hybridized carbons (Fsp3) is 1.00. The minimum Gasteiger partial charge on any atom is -0.216 e. The summed E-state index contributed by atoms with van der Waals surface area (Å²) in [5.41, 5.74) is 0. The Kier molecular flexibility index (Phi) is 2.33. The van der Waals surface area contributed by atoms with Crippen LogP contribution in [0.15, 0.2) is 0 Å². The molecule has 2 fully saturated rings. The van der Waals surface area contributed by atoms with Gasteiger partial charge in [0, 0.05) is 13.1 Å². The van der Waals surface area contributed by atoms with Gasteiger partial charge in [0.05, 0.1) is 0 Å². The molecule has 0 atom stereocenters. The van der Waals surface area contributed by atoms with Crippen LogP contribution in [0.5, 0.6) is 0 Å². The number of hydrogen-bond acceptors (Lipinski definition) is 2. The minimum atomic E-state index is -3.42. The lowest BCUT2D eigenvalue weighted by atomic mass is 9.93. The molecule has 5 heteroatoms. The molecule has 1 saturated heterocycles. The van der Waals surface area contributed by atoms with Gasteiger partial charge in [-0.3, -0.25) is 0 Å². The molecule has 0 unspecified atom stereocenters. The summed E-state index contributed by atoms with van der Waals surface area (Å²) in [6.07, 6.45) is 4.70. The Morgan fingerprint density at radius 2 is 1.46 bits per heavy atom. The highest BCUT2D eigenvalue weighted by Gasteiger charge is 2.35. The molecule has 0 radical (unpaired) electrons. The normalized spacial score (nSPS) is 27.8. The van der Waals surface area contributed by atoms with Gasteiger partial charge in [-0.15, -0.1) is 0 Å². The highest BCUT2D eigenvalue weighted by atomic mass is 32.2. The van der Waals surface area contributed by atoms with E-state index in [0.717, 1.165) is 24.7 Å². The maximum atomic E-state index is 11.0. The van der Waals surface area contributed by atoms with Crippen LogP contribution in [0.25, 0.3) is 0 Å². The summed E-state index contributed by atoms with van der Waals surface area (Å²) in [6.45, 7) is 1.25. The van der Waals surface area contributed by atoms with Crippen LogP contribution < -0.4 is 5.14 Å². The topological polar surface area (TPSA) is 63.4 Å². The van der Waals surface area contributed by atoms with Crippen molar-refractivity contribution in [3.05, 3.63) is 0 Å². The lowest BCUT2D eigenvalue weighted by molar-refractivity contribution is 0.253. The lowest BCUT2D eigenvalue weighted by Crippen LogP contribution is -2.42. The van der Waals surface area contributed by atoms with Gasteiger partial charge < -0.3 is 0 Å². The Labute approximate surface area is 79.3 Å². The zero-order chi connectivity index (χ0) is 9.47. The summed E-state index contributed by atoms with van der Waals surface area (Å²) in [5, 5.41) is 5.05. The van der Waals surface area contributed by atoms with Gasteiger partial charge in [-0.1, -0.05) is 0 Å². The Morgan fingerprint density at radius 3 is 1.85 bits per heavy atom. The van der Waals surface area contributed by atoms with Crippen LogP contribution in [0.1, 0.15) is 25.7 Å². The van der Waals surface area contributed by atoms with Crippen molar-refractivity contribution in [2.75, 3.05) is 13.1 Å². The summed E-state index contributed by atoms with van der Waals surface area (Å²) >= 11 is 0. The Hall–Kier alpha value is -0.130. The summed E-state index contributed by atoms with van der Waals surface area (Å²) in [7, 11) is -3.42. The van der Waals surface area contributed by atoms with Gasteiger partial charge in [-0.25, -0.2) is 5.14 Å². The minimum absolute atomic E-state index is 0.625. The SMILES string of the molecule is NS(=O)(=O)N1CCC(C2CC2)CC1. The first-order valence-electron chi connectivity index (χ1n) is 4.85. The number of hydrogen-bond donors (Lipinski definition) is 1. The van der Waals surface area contributed by atoms with Crippen molar-refractivity contribution in [3.8, 4) is 0 Å². The van der Waals surface area contributed by atoms with E-state index in [9.17, 15) is 8.42 Å². The van der Waals surface area contributed by atoms with E-state index in [1.807, 2.05) is 0 Å². The molecule has 0 bridgehead atoms. The first kappa shape index (κ1) is 9.43. The van der Waals surface area contributed by atoms with Crippen molar-refractivity contribution in [3.63, 3.8) is 0 Å². The fourth-order valence-electron chi connectivity index (χ4n) is 2.17. The fourth-order valence-corrected chi connectivity index (χ4v) is 2.89. The van der Waals surface area contributed by atoms with Crippen molar-refractivity contribution < 1.29 is 8.42 Å². The molecule has 13 heavy (non-hydrogen) atoms. The second kappa shape index (κ2) is 3.22. The number of nitrogens with zero attached hydrogens (tertiary/aromatic N) is 1. The maximum absolute atomic E-state index is 11.0. The molecular weight excluding hydrogens is 188 g/mol. The van der Waals surface area contributed by atoms with Crippen molar-refractivity contribution in [2.24, 2.45) is 17.0 Å². The van der Waals surface area contributed by atoms with Crippen LogP contribution in [0.2, 0.25) is 0 Å². The number of piperidine rings is 1. The first-order chi connectivity index (χ1) is 6.07. The predicted molar refractivity (Wildman–Crippen MR) is 50.1 cm³/mol. The molecule has 0 aromatic carbocycles. The van der Waals surface area contributed by atoms with Crippen molar-refractivity contribution >= 4 is 10.2 Å². The van der Waals surface area contributed by atoms with Crippen LogP contribution in [-0.2, 0) is 10.2 Å². The van der Waals surface area contributed by atoms with Crippen molar-refractivity contribution in [1.82, 2.24) is 4.31 Å². The zero-order valence-corrected chi connectivity index (χ0v) is 8.46. The van der Waals surface area contributed by atoms with Crippen molar-refractivity contribution in [1.29, 1.82) is 0 Å². The van der Waals surface area contributed by atoms with E-state index in [1.165, 1.54) is 17.1 Å². The van der Waals surface area contributed by atoms with Crippen LogP contribution in [0, 0.1) is 11.8 Å². The molecule has 1 heterocycles. The Bertz CT molecular complexity index is 277. The van der Waals surface area contributed by atoms with Gasteiger partial charge in [-0.05, 0) is 37.5 Å². The highest BCUT2D eigenvalue weighted by Crippen LogP contribution is 2.41. The van der Waals surface area contributed by atoms with Gasteiger partial charge in [0.2, 0.25) is 0 Å². The molecule has 0 aromatic rings. The van der Waals surface area contributed by atoms with Gasteiger partial charge >= 0.3 is 0 Å². The molecule has 1 saturated carbocycles. The lowest BCUT2D eigenvalue weighted by Gasteiger charge is -2.29. The molecule has 1 aliphatic heterocycles. The quantitative estimate of drug-likeness (QED) is 0.703. The molecule has 76 valence electrons. The van der Waals surface area contributed by atoms with Crippen LogP contribution in [0.4, 0.5) is 0 Å². The van der Waals surface area contributed by atoms with Crippen LogP contribution >= 0.6 is 0 Å². The van der Waals surface area contributed by atoms with Gasteiger partial charge in [0.25, 0.3) is 10.2 Å². The largest absolute Gasteiger partial charge is 0.276 e. The third kappa shape index (κ3) is 2.21. The second-order valence-corrected chi connectivity index (χ2v) is 5.67. The second-order valence-electron chi connectivity index (χ2n) is 4.12. The Balaban J connectivity index is 1.88. The number of nitrogens with two attached hydrogens (primary N) is 1. The average Bonchev–Trinajstić information content (AvgIpc) is 2.85. The molecular formula is C8H16N2O2S. The predicted octanol–water partition coefficient (Wildman–Crippen LogP) is 0.312. The molecule has 2 N–H and O–H groups in total. The van der Waals surface area contributed by atoms with Crippen molar-refractivity contribution in [2.45, 2.75) is 25.7 Å². The zero-order valence-electron chi connectivity index (χ0n) is 7.65. The Morgan fingerprint density at radius 1 is 1.00 bits per heavy atom. The van der Waals surface area contributed by atoms with Gasteiger partial charge in [0.1, 0.15) is 0 Å². The smallest absolute Gasteiger partial charge is 0.216 e. The van der Waals surface area contributed by atoms with E-state index >= 15 is 0 Å². The highest BCUT2D eigenvalue weighted by molar-refractivity contribution is 7.86. The average molecular weight is 204 g/mol. The first-order valence-corrected chi connectivity index (χ1v) is 6.35. The monoisotopic (exact) mass is 204 g/mol. The molecule has 1 aliphatic carbocycles. The molecule has 4 nitrogen and oxygen atoms in total. The summed E-state index contributed by atoms with van der Waals surface area (Å²) < 4.78 is 23.4. The number of rotatable bonds is 2. The van der Waals surface area contributed by atoms with E-state index in [-0.39, 0.29) is 0 Å². The van der Waals surface area contributed by atoms with E-state index in [4.69, 9.17) is 5.14 Å². The van der Waals surface area contributed by atoms with Crippen LogP contribution in [0.3, 0.4) is 0 Å². The third-order valence-corrected chi connectivity index (χ3v) is 4.23. The van der Waals surface area contributed by atoms with Gasteiger partial charge in [0.15, 0.2) is 0 Å². The van der Waals surface area contributed by atoms with Gasteiger partial charge in [-0.2, -0.15) is 12.7 Å². The molecule has 0 aromatic heterocycles. The standard InChI is InChI=1S/C8H16N2O2S/c9-13(11,12)10-5-3-8(4-6-10)7-1-2-7/h7-8H,1-6H2,(H2,9,11,12). The van der Waals surface area contributed by atoms with E-state index in [1.54, 1.807) is 0 Å². The van der Waals surface area contributed by atoms with E-state index < -0.39 is 10.2 Å². The summed E-state index contributed by atoms with van der Waals surface area (Å²) in [6, 6.07) is 0. The molecule has 0 spiro atoms. The molecule has 0 amide bonds. The summed E-state index contributed by atoms with van der Waals surface area (Å²) in [4.78, 5) is 0. The summed E-state index contributed by atoms with van der Waals surface area (Å²) in [5.74, 6) is 1.65. The molecule has 2 rings (SSSR count). The van der Waals surface area contributed by atoms with Crippen LogP contribution in [-0.4, -0.2) is 25.8 Å². The maximum Gasteiger partial charge on any atom is 0.276 e. The third-order valence-electron chi connectivity index (χ3n) is 3.15. The van der Waals surface area contributed by atoms with E-state index in [0.29, 0.717) is 13.1 Å². The van der Waals surface area contributed by atoms with E-state index in [2.05, 4.69) is 0 Å². The molecule has 2 aliphatic rings.